The molecule has 3 N–H and O–H groups in total. The molecule has 2 radical (unpaired) electrons. The molecule has 0 aromatic heterocycles. The first kappa shape index (κ1) is 18.9. The Morgan fingerprint density at radius 1 is 1.40 bits per heavy atom. The summed E-state index contributed by atoms with van der Waals surface area (Å²) in [5.41, 5.74) is 0. The average Bonchev–Trinajstić information content (AvgIpc) is 2.29. The SMILES string of the molecule is O=C1CCC(CCP(=O)(O)O)N1O.[Na].[Na]. The van der Waals surface area contributed by atoms with Gasteiger partial charge in [-0.3, -0.25) is 14.6 Å². The minimum Gasteiger partial charge on any atom is -0.324 e. The monoisotopic (exact) mass is 255 g/mol. The molecule has 0 spiro atoms. The fraction of sp³-hybridized carbons (Fsp3) is 0.833. The fourth-order valence-corrected chi connectivity index (χ4v) is 1.95. The molecular weight excluding hydrogens is 243 g/mol. The number of rotatable bonds is 3. The van der Waals surface area contributed by atoms with Crippen molar-refractivity contribution in [3.8, 4) is 0 Å². The van der Waals surface area contributed by atoms with Crippen LogP contribution in [0.5, 0.6) is 0 Å². The van der Waals surface area contributed by atoms with E-state index in [0.717, 1.165) is 0 Å². The van der Waals surface area contributed by atoms with Gasteiger partial charge in [-0.2, -0.15) is 0 Å². The second-order valence-corrected chi connectivity index (χ2v) is 4.88. The number of hydrogen-bond donors (Lipinski definition) is 3. The smallest absolute Gasteiger partial charge is 0.324 e. The van der Waals surface area contributed by atoms with E-state index in [-0.39, 0.29) is 84.0 Å². The summed E-state index contributed by atoms with van der Waals surface area (Å²) in [5.74, 6) is -0.379. The first-order chi connectivity index (χ1) is 5.90. The Balaban J connectivity index is 0. The summed E-state index contributed by atoms with van der Waals surface area (Å²) in [6.45, 7) is 0. The van der Waals surface area contributed by atoms with Crippen LogP contribution in [-0.2, 0) is 9.36 Å². The van der Waals surface area contributed by atoms with Gasteiger partial charge in [-0.1, -0.05) is 0 Å². The van der Waals surface area contributed by atoms with Gasteiger partial charge in [-0.25, -0.2) is 5.06 Å². The molecule has 1 saturated heterocycles. The van der Waals surface area contributed by atoms with Crippen molar-refractivity contribution in [3.05, 3.63) is 0 Å². The van der Waals surface area contributed by atoms with Crippen LogP contribution in [0, 0.1) is 0 Å². The maximum atomic E-state index is 10.8. The molecule has 6 nitrogen and oxygen atoms in total. The molecule has 9 heteroatoms. The minimum atomic E-state index is -4.01. The Bertz CT molecular complexity index is 258. The fourth-order valence-electron chi connectivity index (χ4n) is 1.31. The van der Waals surface area contributed by atoms with Gasteiger partial charge in [-0.15, -0.1) is 0 Å². The van der Waals surface area contributed by atoms with Crippen LogP contribution in [0.4, 0.5) is 0 Å². The molecule has 1 aliphatic rings. The molecule has 1 unspecified atom stereocenters. The van der Waals surface area contributed by atoms with Gasteiger partial charge in [0, 0.05) is 65.5 Å². The summed E-state index contributed by atoms with van der Waals surface area (Å²) in [6.07, 6.45) is 0.576. The van der Waals surface area contributed by atoms with Crippen molar-refractivity contribution >= 4 is 72.6 Å². The average molecular weight is 255 g/mol. The Morgan fingerprint density at radius 2 is 1.93 bits per heavy atom. The van der Waals surface area contributed by atoms with E-state index in [1.807, 2.05) is 0 Å². The normalized spacial score (nSPS) is 20.9. The predicted octanol–water partition coefficient (Wildman–Crippen LogP) is -0.827. The van der Waals surface area contributed by atoms with Crippen molar-refractivity contribution in [2.24, 2.45) is 0 Å². The second-order valence-electron chi connectivity index (χ2n) is 3.11. The van der Waals surface area contributed by atoms with E-state index in [1.165, 1.54) is 0 Å². The molecule has 78 valence electrons. The summed E-state index contributed by atoms with van der Waals surface area (Å²) in [6, 6.07) is -0.430. The molecule has 1 rings (SSSR count). The van der Waals surface area contributed by atoms with E-state index in [9.17, 15) is 9.36 Å². The molecule has 1 fully saturated rings. The van der Waals surface area contributed by atoms with E-state index >= 15 is 0 Å². The van der Waals surface area contributed by atoms with Crippen LogP contribution >= 0.6 is 7.60 Å². The summed E-state index contributed by atoms with van der Waals surface area (Å²) in [7, 11) is -4.01. The van der Waals surface area contributed by atoms with Gasteiger partial charge in [-0.05, 0) is 12.8 Å². The first-order valence-corrected chi connectivity index (χ1v) is 5.75. The summed E-state index contributed by atoms with van der Waals surface area (Å²) in [4.78, 5) is 27.9. The van der Waals surface area contributed by atoms with Gasteiger partial charge in [0.25, 0.3) is 0 Å². The van der Waals surface area contributed by atoms with Crippen molar-refractivity contribution < 1.29 is 24.4 Å². The van der Waals surface area contributed by atoms with Crippen LogP contribution in [0.1, 0.15) is 19.3 Å². The molecule has 0 aromatic rings. The number of nitrogens with zero attached hydrogens (tertiary/aromatic N) is 1. The second kappa shape index (κ2) is 7.82. The third kappa shape index (κ3) is 6.78. The van der Waals surface area contributed by atoms with Crippen LogP contribution in [0.25, 0.3) is 0 Å². The van der Waals surface area contributed by atoms with Gasteiger partial charge >= 0.3 is 7.60 Å². The molecule has 0 bridgehead atoms. The Labute approximate surface area is 132 Å². The largest absolute Gasteiger partial charge is 0.325 e. The topological polar surface area (TPSA) is 98.1 Å². The minimum absolute atomic E-state index is 0. The zero-order valence-corrected chi connectivity index (χ0v) is 13.9. The number of carbonyl (C=O) groups excluding carboxylic acids is 1. The number of hydrogen-bond acceptors (Lipinski definition) is 3. The Hall–Kier alpha value is 1.58. The first-order valence-electron chi connectivity index (χ1n) is 3.95. The van der Waals surface area contributed by atoms with Crippen molar-refractivity contribution in [2.75, 3.05) is 6.16 Å². The zero-order valence-electron chi connectivity index (χ0n) is 8.96. The number of hydroxylamine groups is 2. The van der Waals surface area contributed by atoms with E-state index < -0.39 is 13.6 Å². The van der Waals surface area contributed by atoms with Gasteiger partial charge < -0.3 is 9.79 Å². The number of carbonyl (C=O) groups is 1. The van der Waals surface area contributed by atoms with Crippen LogP contribution in [-0.4, -0.2) is 97.3 Å². The van der Waals surface area contributed by atoms with Crippen molar-refractivity contribution in [1.82, 2.24) is 5.06 Å². The molecule has 0 aliphatic carbocycles. The van der Waals surface area contributed by atoms with Crippen LogP contribution in [0.15, 0.2) is 0 Å². The Kier molecular flexibility index (Phi) is 9.87. The molecule has 1 atom stereocenters. The quantitative estimate of drug-likeness (QED) is 0.347. The van der Waals surface area contributed by atoms with Crippen molar-refractivity contribution in [3.63, 3.8) is 0 Å². The third-order valence-electron chi connectivity index (χ3n) is 2.05. The van der Waals surface area contributed by atoms with Gasteiger partial charge in [0.05, 0.1) is 12.2 Å². The summed E-state index contributed by atoms with van der Waals surface area (Å²) >= 11 is 0. The van der Waals surface area contributed by atoms with E-state index in [2.05, 4.69) is 0 Å². The van der Waals surface area contributed by atoms with Crippen LogP contribution in [0.3, 0.4) is 0 Å². The molecule has 1 amide bonds. The maximum Gasteiger partial charge on any atom is 0.325 e. The zero-order chi connectivity index (χ0) is 10.1. The van der Waals surface area contributed by atoms with E-state index in [4.69, 9.17) is 15.0 Å². The van der Waals surface area contributed by atoms with Gasteiger partial charge in [0.2, 0.25) is 5.91 Å². The van der Waals surface area contributed by atoms with Crippen LogP contribution in [0.2, 0.25) is 0 Å². The third-order valence-corrected chi connectivity index (χ3v) is 2.89. The molecular formula is C6H12NNa2O5P. The molecule has 15 heavy (non-hydrogen) atoms. The van der Waals surface area contributed by atoms with Gasteiger partial charge in [0.15, 0.2) is 0 Å². The summed E-state index contributed by atoms with van der Waals surface area (Å²) < 4.78 is 10.5. The number of amides is 1. The van der Waals surface area contributed by atoms with Crippen LogP contribution < -0.4 is 0 Å². The molecule has 1 aliphatic heterocycles. The Morgan fingerprint density at radius 3 is 2.27 bits per heavy atom. The summed E-state index contributed by atoms with van der Waals surface area (Å²) in [5, 5.41) is 9.66. The molecule has 0 saturated carbocycles. The van der Waals surface area contributed by atoms with Crippen molar-refractivity contribution in [1.29, 1.82) is 0 Å². The standard InChI is InChI=1S/C6H12NO5P.2Na/c8-6-2-1-5(7(6)9)3-4-13(10,11)12;;/h5,9H,1-4H2,(H2,10,11,12);;. The molecule has 0 aromatic carbocycles. The molecule has 1 heterocycles. The van der Waals surface area contributed by atoms with Gasteiger partial charge in [0.1, 0.15) is 0 Å². The predicted molar refractivity (Wildman–Crippen MR) is 54.7 cm³/mol. The van der Waals surface area contributed by atoms with Crippen molar-refractivity contribution in [2.45, 2.75) is 25.3 Å². The van der Waals surface area contributed by atoms with E-state index in [0.29, 0.717) is 11.5 Å². The maximum absolute atomic E-state index is 10.8. The van der Waals surface area contributed by atoms with E-state index in [1.54, 1.807) is 0 Å².